The zero-order valence-electron chi connectivity index (χ0n) is 12.0. The lowest BCUT2D eigenvalue weighted by Crippen LogP contribution is -2.33. The second kappa shape index (κ2) is 7.38. The summed E-state index contributed by atoms with van der Waals surface area (Å²) in [6.07, 6.45) is 0. The highest BCUT2D eigenvalue weighted by atomic mass is 35.5. The Labute approximate surface area is 125 Å². The van der Waals surface area contributed by atoms with E-state index >= 15 is 0 Å². The van der Waals surface area contributed by atoms with E-state index < -0.39 is 10.0 Å². The van der Waals surface area contributed by atoms with Crippen molar-refractivity contribution in [2.75, 3.05) is 26.7 Å². The van der Waals surface area contributed by atoms with Crippen LogP contribution in [0.25, 0.3) is 0 Å². The van der Waals surface area contributed by atoms with Crippen LogP contribution in [0.4, 0.5) is 0 Å². The number of halogens is 1. The van der Waals surface area contributed by atoms with Crippen LogP contribution in [0, 0.1) is 6.92 Å². The molecule has 5 nitrogen and oxygen atoms in total. The number of rotatable bonds is 7. The normalized spacial score (nSPS) is 12.1. The maximum Gasteiger partial charge on any atom is 0.240 e. The van der Waals surface area contributed by atoms with E-state index in [4.69, 9.17) is 11.6 Å². The molecule has 0 unspecified atom stereocenters. The van der Waals surface area contributed by atoms with E-state index in [0.29, 0.717) is 29.2 Å². The molecule has 0 amide bonds. The van der Waals surface area contributed by atoms with Gasteiger partial charge in [-0.3, -0.25) is 0 Å². The Kier molecular flexibility index (Phi) is 6.42. The number of hydrogen-bond acceptors (Lipinski definition) is 4. The smallest absolute Gasteiger partial charge is 0.240 e. The number of aliphatic hydroxyl groups is 1. The van der Waals surface area contributed by atoms with Crippen molar-refractivity contribution in [2.24, 2.45) is 0 Å². The first-order chi connectivity index (χ1) is 9.31. The molecule has 1 aromatic carbocycles. The summed E-state index contributed by atoms with van der Waals surface area (Å²) in [5.74, 6) is 0. The summed E-state index contributed by atoms with van der Waals surface area (Å²) in [4.78, 5) is 2.13. The molecule has 0 fully saturated rings. The molecule has 0 aliphatic carbocycles. The molecule has 0 heterocycles. The lowest BCUT2D eigenvalue weighted by atomic mass is 10.1. The maximum absolute atomic E-state index is 12.3. The van der Waals surface area contributed by atoms with Crippen molar-refractivity contribution in [2.45, 2.75) is 25.3 Å². The molecule has 0 saturated heterocycles. The van der Waals surface area contributed by atoms with Crippen LogP contribution in [0.2, 0.25) is 5.02 Å². The molecule has 0 atom stereocenters. The molecule has 0 aliphatic rings. The average Bonchev–Trinajstić information content (AvgIpc) is 2.40. The van der Waals surface area contributed by atoms with Gasteiger partial charge in [-0.15, -0.1) is 0 Å². The Morgan fingerprint density at radius 1 is 1.40 bits per heavy atom. The third-order valence-corrected chi connectivity index (χ3v) is 5.02. The van der Waals surface area contributed by atoms with E-state index in [1.807, 2.05) is 18.9 Å². The number of hydrogen-bond donors (Lipinski definition) is 2. The van der Waals surface area contributed by atoms with Crippen molar-refractivity contribution in [3.63, 3.8) is 0 Å². The predicted octanol–water partition coefficient (Wildman–Crippen LogP) is 1.37. The Bertz CT molecular complexity index is 561. The minimum atomic E-state index is -3.62. The van der Waals surface area contributed by atoms with Gasteiger partial charge >= 0.3 is 0 Å². The van der Waals surface area contributed by atoms with Crippen LogP contribution >= 0.6 is 11.6 Å². The fourth-order valence-electron chi connectivity index (χ4n) is 1.76. The zero-order chi connectivity index (χ0) is 15.3. The highest BCUT2D eigenvalue weighted by molar-refractivity contribution is 7.89. The van der Waals surface area contributed by atoms with Crippen LogP contribution < -0.4 is 4.72 Å². The minimum Gasteiger partial charge on any atom is -0.392 e. The van der Waals surface area contributed by atoms with Gasteiger partial charge < -0.3 is 10.0 Å². The molecule has 1 rings (SSSR count). The summed E-state index contributed by atoms with van der Waals surface area (Å²) in [5.41, 5.74) is 1.04. The first kappa shape index (κ1) is 17.4. The van der Waals surface area contributed by atoms with E-state index in [-0.39, 0.29) is 11.5 Å². The lowest BCUT2D eigenvalue weighted by Gasteiger charge is -2.16. The Morgan fingerprint density at radius 3 is 2.60 bits per heavy atom. The van der Waals surface area contributed by atoms with Gasteiger partial charge in [-0.1, -0.05) is 18.5 Å². The van der Waals surface area contributed by atoms with Crippen molar-refractivity contribution in [1.82, 2.24) is 9.62 Å². The number of nitrogens with one attached hydrogen (secondary N) is 1. The van der Waals surface area contributed by atoms with Crippen LogP contribution in [0.15, 0.2) is 17.0 Å². The molecule has 0 aliphatic heterocycles. The molecule has 7 heteroatoms. The summed E-state index contributed by atoms with van der Waals surface area (Å²) in [5, 5.41) is 9.53. The van der Waals surface area contributed by atoms with Gasteiger partial charge in [0.2, 0.25) is 10.0 Å². The van der Waals surface area contributed by atoms with Gasteiger partial charge in [0.05, 0.1) is 11.5 Å². The standard InChI is InChI=1S/C13H21ClN2O3S/c1-4-16(3)6-5-15-20(18,19)13-8-12(14)7-11(9-17)10(13)2/h7-8,15,17H,4-6,9H2,1-3H3. The Balaban J connectivity index is 2.95. The van der Waals surface area contributed by atoms with Crippen molar-refractivity contribution < 1.29 is 13.5 Å². The second-order valence-corrected chi connectivity index (χ2v) is 6.81. The van der Waals surface area contributed by atoms with E-state index in [1.165, 1.54) is 6.07 Å². The van der Waals surface area contributed by atoms with Crippen LogP contribution in [0.5, 0.6) is 0 Å². The fourth-order valence-corrected chi connectivity index (χ4v) is 3.40. The molecule has 1 aromatic rings. The Hall–Kier alpha value is -0.660. The van der Waals surface area contributed by atoms with Gasteiger partial charge in [-0.25, -0.2) is 13.1 Å². The third kappa shape index (κ3) is 4.43. The molecular formula is C13H21ClN2O3S. The molecule has 0 saturated carbocycles. The molecule has 0 spiro atoms. The zero-order valence-corrected chi connectivity index (χ0v) is 13.6. The average molecular weight is 321 g/mol. The largest absolute Gasteiger partial charge is 0.392 e. The highest BCUT2D eigenvalue weighted by Gasteiger charge is 2.19. The maximum atomic E-state index is 12.3. The molecular weight excluding hydrogens is 300 g/mol. The summed E-state index contributed by atoms with van der Waals surface area (Å²) in [6, 6.07) is 2.97. The second-order valence-electron chi connectivity index (χ2n) is 4.64. The third-order valence-electron chi connectivity index (χ3n) is 3.22. The number of aliphatic hydroxyl groups excluding tert-OH is 1. The van der Waals surface area contributed by atoms with Gasteiger partial charge in [0, 0.05) is 18.1 Å². The van der Waals surface area contributed by atoms with Crippen molar-refractivity contribution in [3.8, 4) is 0 Å². The molecule has 0 radical (unpaired) electrons. The first-order valence-electron chi connectivity index (χ1n) is 6.40. The van der Waals surface area contributed by atoms with Crippen LogP contribution in [0.1, 0.15) is 18.1 Å². The number of likely N-dealkylation sites (N-methyl/N-ethyl adjacent to an activating group) is 1. The minimum absolute atomic E-state index is 0.119. The highest BCUT2D eigenvalue weighted by Crippen LogP contribution is 2.24. The van der Waals surface area contributed by atoms with Gasteiger partial charge in [0.25, 0.3) is 0 Å². The quantitative estimate of drug-likeness (QED) is 0.796. The summed E-state index contributed by atoms with van der Waals surface area (Å²) in [7, 11) is -1.70. The van der Waals surface area contributed by atoms with Crippen molar-refractivity contribution >= 4 is 21.6 Å². The van der Waals surface area contributed by atoms with Gasteiger partial charge in [0.1, 0.15) is 0 Å². The van der Waals surface area contributed by atoms with Crippen LogP contribution in [-0.2, 0) is 16.6 Å². The summed E-state index contributed by atoms with van der Waals surface area (Å²) in [6.45, 7) is 5.23. The fraction of sp³-hybridized carbons (Fsp3) is 0.538. The summed E-state index contributed by atoms with van der Waals surface area (Å²) < 4.78 is 27.1. The molecule has 114 valence electrons. The molecule has 0 bridgehead atoms. The van der Waals surface area contributed by atoms with Crippen molar-refractivity contribution in [1.29, 1.82) is 0 Å². The molecule has 20 heavy (non-hydrogen) atoms. The predicted molar refractivity (Wildman–Crippen MR) is 80.5 cm³/mol. The topological polar surface area (TPSA) is 69.6 Å². The van der Waals surface area contributed by atoms with Gasteiger partial charge in [-0.05, 0) is 43.8 Å². The van der Waals surface area contributed by atoms with Gasteiger partial charge in [-0.2, -0.15) is 0 Å². The van der Waals surface area contributed by atoms with E-state index in [1.54, 1.807) is 13.0 Å². The van der Waals surface area contributed by atoms with Gasteiger partial charge in [0.15, 0.2) is 0 Å². The number of sulfonamides is 1. The van der Waals surface area contributed by atoms with E-state index in [2.05, 4.69) is 4.72 Å². The van der Waals surface area contributed by atoms with E-state index in [0.717, 1.165) is 6.54 Å². The van der Waals surface area contributed by atoms with Crippen LogP contribution in [0.3, 0.4) is 0 Å². The van der Waals surface area contributed by atoms with Crippen molar-refractivity contribution in [3.05, 3.63) is 28.3 Å². The van der Waals surface area contributed by atoms with Crippen LogP contribution in [-0.4, -0.2) is 45.1 Å². The van der Waals surface area contributed by atoms with E-state index in [9.17, 15) is 13.5 Å². The molecule has 0 aromatic heterocycles. The monoisotopic (exact) mass is 320 g/mol. The lowest BCUT2D eigenvalue weighted by molar-refractivity contribution is 0.280. The number of nitrogens with zero attached hydrogens (tertiary/aromatic N) is 1. The number of benzene rings is 1. The first-order valence-corrected chi connectivity index (χ1v) is 8.26. The summed E-state index contributed by atoms with van der Waals surface area (Å²) >= 11 is 5.90. The SMILES string of the molecule is CCN(C)CCNS(=O)(=O)c1cc(Cl)cc(CO)c1C. The Morgan fingerprint density at radius 2 is 2.05 bits per heavy atom. The molecule has 2 N–H and O–H groups in total.